The Kier molecular flexibility index (Phi) is 8.44. The summed E-state index contributed by atoms with van der Waals surface area (Å²) in [5.74, 6) is 1.86. The van der Waals surface area contributed by atoms with E-state index in [9.17, 15) is 0 Å². The van der Waals surface area contributed by atoms with Crippen LogP contribution in [0.2, 0.25) is 0 Å². The Balaban J connectivity index is 1.07. The highest BCUT2D eigenvalue weighted by atomic mass is 16.3. The van der Waals surface area contributed by atoms with E-state index in [-0.39, 0.29) is 0 Å². The van der Waals surface area contributed by atoms with Crippen molar-refractivity contribution >= 4 is 43.7 Å². The van der Waals surface area contributed by atoms with Crippen LogP contribution in [0.25, 0.3) is 106 Å². The maximum absolute atomic E-state index is 6.55. The fourth-order valence-corrected chi connectivity index (χ4v) is 8.58. The number of hydrogen-bond donors (Lipinski definition) is 0. The Morgan fingerprint density at radius 3 is 1.88 bits per heavy atom. The number of nitrogens with zero attached hydrogens (tertiary/aromatic N) is 4. The van der Waals surface area contributed by atoms with Gasteiger partial charge in [0.2, 0.25) is 0 Å². The van der Waals surface area contributed by atoms with Gasteiger partial charge < -0.3 is 8.98 Å². The maximum Gasteiger partial charge on any atom is 0.166 e. The van der Waals surface area contributed by atoms with Crippen molar-refractivity contribution in [2.24, 2.45) is 0 Å². The number of rotatable bonds is 8. The molecule has 0 saturated carbocycles. The van der Waals surface area contributed by atoms with Gasteiger partial charge in [-0.05, 0) is 82.8 Å². The lowest BCUT2D eigenvalue weighted by Gasteiger charge is -2.15. The molecule has 11 rings (SSSR count). The Hall–Kier alpha value is -7.63. The van der Waals surface area contributed by atoms with E-state index in [1.54, 1.807) is 0 Å². The lowest BCUT2D eigenvalue weighted by molar-refractivity contribution is 0.661. The summed E-state index contributed by atoms with van der Waals surface area (Å²) in [5.41, 5.74) is 13.7. The third-order valence-electron chi connectivity index (χ3n) is 11.4. The highest BCUT2D eigenvalue weighted by Crippen LogP contribution is 2.40. The molecular formula is C54H38N4O. The second-order valence-electron chi connectivity index (χ2n) is 15.1. The average Bonchev–Trinajstić information content (AvgIpc) is 3.85. The molecule has 0 aliphatic heterocycles. The smallest absolute Gasteiger partial charge is 0.166 e. The molecule has 11 aromatic rings. The van der Waals surface area contributed by atoms with Crippen molar-refractivity contribution in [2.75, 3.05) is 0 Å². The Labute approximate surface area is 341 Å². The lowest BCUT2D eigenvalue weighted by Crippen LogP contribution is -2.03. The molecule has 0 fully saturated rings. The second-order valence-corrected chi connectivity index (χ2v) is 15.1. The summed E-state index contributed by atoms with van der Waals surface area (Å²) in [6.45, 7) is 2.21. The van der Waals surface area contributed by atoms with Gasteiger partial charge in [-0.2, -0.15) is 0 Å². The third-order valence-corrected chi connectivity index (χ3v) is 11.4. The molecule has 0 aliphatic carbocycles. The van der Waals surface area contributed by atoms with Crippen molar-refractivity contribution in [1.29, 1.82) is 0 Å². The van der Waals surface area contributed by atoms with Gasteiger partial charge in [-0.15, -0.1) is 0 Å². The van der Waals surface area contributed by atoms with Crippen LogP contribution >= 0.6 is 0 Å². The molecule has 0 saturated heterocycles. The summed E-state index contributed by atoms with van der Waals surface area (Å²) < 4.78 is 8.90. The Morgan fingerprint density at radius 2 is 1.03 bits per heavy atom. The number of hydrogen-bond acceptors (Lipinski definition) is 4. The predicted octanol–water partition coefficient (Wildman–Crippen LogP) is 14.2. The number of aromatic nitrogens is 4. The van der Waals surface area contributed by atoms with Gasteiger partial charge in [0.05, 0.1) is 16.7 Å². The normalized spacial score (nSPS) is 11.6. The molecule has 0 spiro atoms. The lowest BCUT2D eigenvalue weighted by atomic mass is 10.0. The van der Waals surface area contributed by atoms with Crippen LogP contribution in [0.1, 0.15) is 18.9 Å². The molecule has 0 unspecified atom stereocenters. The number of fused-ring (bicyclic) bond motifs is 6. The summed E-state index contributed by atoms with van der Waals surface area (Å²) in [4.78, 5) is 15.5. The van der Waals surface area contributed by atoms with Crippen LogP contribution < -0.4 is 0 Å². The van der Waals surface area contributed by atoms with Gasteiger partial charge >= 0.3 is 0 Å². The number of para-hydroxylation sites is 3. The summed E-state index contributed by atoms with van der Waals surface area (Å²) in [5, 5.41) is 4.67. The van der Waals surface area contributed by atoms with Crippen molar-refractivity contribution in [3.05, 3.63) is 194 Å². The fraction of sp³-hybridized carbons (Fsp3) is 0.0556. The zero-order chi connectivity index (χ0) is 39.3. The first-order chi connectivity index (χ1) is 29.2. The first kappa shape index (κ1) is 34.6. The molecule has 8 aromatic carbocycles. The quantitative estimate of drug-likeness (QED) is 0.155. The molecule has 3 aromatic heterocycles. The first-order valence-corrected chi connectivity index (χ1v) is 20.2. The minimum atomic E-state index is 0.610. The first-order valence-electron chi connectivity index (χ1n) is 20.2. The molecule has 0 aliphatic rings. The van der Waals surface area contributed by atoms with E-state index in [0.29, 0.717) is 17.5 Å². The van der Waals surface area contributed by atoms with Crippen molar-refractivity contribution in [3.63, 3.8) is 0 Å². The minimum absolute atomic E-state index is 0.610. The monoisotopic (exact) mass is 758 g/mol. The van der Waals surface area contributed by atoms with E-state index in [2.05, 4.69) is 175 Å². The molecule has 0 N–H and O–H groups in total. The summed E-state index contributed by atoms with van der Waals surface area (Å²) in [6.07, 6.45) is 2.08. The van der Waals surface area contributed by atoms with Crippen molar-refractivity contribution in [3.8, 4) is 62.1 Å². The summed E-state index contributed by atoms with van der Waals surface area (Å²) in [6, 6.07) is 66.0. The number of aryl methyl sites for hydroxylation is 1. The fourth-order valence-electron chi connectivity index (χ4n) is 8.58. The molecule has 0 radical (unpaired) electrons. The van der Waals surface area contributed by atoms with Crippen molar-refractivity contribution in [1.82, 2.24) is 19.5 Å². The van der Waals surface area contributed by atoms with E-state index in [0.717, 1.165) is 85.1 Å². The van der Waals surface area contributed by atoms with Gasteiger partial charge in [-0.1, -0.05) is 153 Å². The van der Waals surface area contributed by atoms with Gasteiger partial charge in [-0.25, -0.2) is 15.0 Å². The number of benzene rings is 8. The highest BCUT2D eigenvalue weighted by molar-refractivity contribution is 6.11. The van der Waals surface area contributed by atoms with Crippen LogP contribution in [0.4, 0.5) is 0 Å². The zero-order valence-electron chi connectivity index (χ0n) is 32.5. The van der Waals surface area contributed by atoms with Gasteiger partial charge in [-0.3, -0.25) is 0 Å². The standard InChI is InChI=1S/C54H38N4O/c1-2-15-36-20-14-25-44-43-30-28-40(34-50(43)59-51(36)44)39-29-31-49-46(33-39)42-23-9-11-26-47(42)58(49)48-27-12-10-24-45(48)54-56-52(37-18-7-4-8-19-37)55-53(57-54)41-22-13-21-38(32-41)35-16-5-3-6-17-35/h3-14,16-34H,2,15H2,1H3. The minimum Gasteiger partial charge on any atom is -0.456 e. The molecule has 5 heteroatoms. The molecule has 0 atom stereocenters. The average molecular weight is 759 g/mol. The molecule has 3 heterocycles. The molecule has 0 amide bonds. The third kappa shape index (κ3) is 6.07. The van der Waals surface area contributed by atoms with E-state index in [1.165, 1.54) is 21.7 Å². The predicted molar refractivity (Wildman–Crippen MR) is 243 cm³/mol. The van der Waals surface area contributed by atoms with Crippen LogP contribution in [0.15, 0.2) is 192 Å². The van der Waals surface area contributed by atoms with Crippen molar-refractivity contribution < 1.29 is 4.42 Å². The second kappa shape index (κ2) is 14.4. The van der Waals surface area contributed by atoms with Gasteiger partial charge in [0.1, 0.15) is 11.2 Å². The van der Waals surface area contributed by atoms with Crippen LogP contribution in [-0.2, 0) is 6.42 Å². The zero-order valence-corrected chi connectivity index (χ0v) is 32.5. The maximum atomic E-state index is 6.55. The molecule has 5 nitrogen and oxygen atoms in total. The largest absolute Gasteiger partial charge is 0.456 e. The summed E-state index contributed by atoms with van der Waals surface area (Å²) >= 11 is 0. The topological polar surface area (TPSA) is 56.7 Å². The van der Waals surface area contributed by atoms with E-state index in [4.69, 9.17) is 19.4 Å². The molecule has 0 bridgehead atoms. The van der Waals surface area contributed by atoms with Crippen molar-refractivity contribution in [2.45, 2.75) is 19.8 Å². The van der Waals surface area contributed by atoms with Crippen LogP contribution in [0, 0.1) is 0 Å². The van der Waals surface area contributed by atoms with Gasteiger partial charge in [0, 0.05) is 38.2 Å². The Bertz CT molecular complexity index is 3340. The van der Waals surface area contributed by atoms with E-state index in [1.807, 2.05) is 24.3 Å². The molecule has 59 heavy (non-hydrogen) atoms. The van der Waals surface area contributed by atoms with Gasteiger partial charge in [0.25, 0.3) is 0 Å². The van der Waals surface area contributed by atoms with Crippen LogP contribution in [0.3, 0.4) is 0 Å². The van der Waals surface area contributed by atoms with Crippen LogP contribution in [0.5, 0.6) is 0 Å². The SMILES string of the molecule is CCCc1cccc2c1oc1cc(-c3ccc4c(c3)c3ccccc3n4-c3ccccc3-c3nc(-c4ccccc4)nc(-c4cccc(-c5ccccc5)c4)n3)ccc12. The number of furan rings is 1. The highest BCUT2D eigenvalue weighted by Gasteiger charge is 2.20. The molecule has 280 valence electrons. The van der Waals surface area contributed by atoms with E-state index >= 15 is 0 Å². The van der Waals surface area contributed by atoms with E-state index < -0.39 is 0 Å². The summed E-state index contributed by atoms with van der Waals surface area (Å²) in [7, 11) is 0. The Morgan fingerprint density at radius 1 is 0.424 bits per heavy atom. The van der Waals surface area contributed by atoms with Crippen LogP contribution in [-0.4, -0.2) is 19.5 Å². The van der Waals surface area contributed by atoms with Gasteiger partial charge in [0.15, 0.2) is 17.5 Å². The molecular weight excluding hydrogens is 721 g/mol.